The van der Waals surface area contributed by atoms with Crippen LogP contribution in [0.15, 0.2) is 0 Å². The summed E-state index contributed by atoms with van der Waals surface area (Å²) in [5, 5.41) is -0.566. The molecule has 0 bridgehead atoms. The van der Waals surface area contributed by atoms with E-state index in [0.29, 0.717) is 32.1 Å². The average Bonchev–Trinajstić information content (AvgIpc) is 3.34. The Labute approximate surface area is 176 Å². The highest BCUT2D eigenvalue weighted by Gasteiger charge is 2.53. The van der Waals surface area contributed by atoms with Crippen molar-refractivity contribution in [2.75, 3.05) is 13.6 Å². The van der Waals surface area contributed by atoms with E-state index in [4.69, 9.17) is 0 Å². The first-order chi connectivity index (χ1) is 13.9. The van der Waals surface area contributed by atoms with Gasteiger partial charge in [0.2, 0.25) is 10.0 Å². The van der Waals surface area contributed by atoms with Crippen LogP contribution in [-0.2, 0) is 10.0 Å². The van der Waals surface area contributed by atoms with Crippen LogP contribution in [0.1, 0.15) is 64.7 Å². The minimum atomic E-state index is -4.24. The number of halogens is 3. The Balaban J connectivity index is 1.46. The number of alkyl halides is 3. The van der Waals surface area contributed by atoms with Crippen molar-refractivity contribution in [1.82, 2.24) is 14.5 Å². The number of carbonyl (C=O) groups excluding carboxylic acids is 1. The molecule has 3 aliphatic carbocycles. The molecule has 2 amide bonds. The normalized spacial score (nSPS) is 36.7. The number of likely N-dealkylation sites (N-methyl/N-ethyl adjacent to an activating group) is 1. The molecule has 0 spiro atoms. The predicted octanol–water partition coefficient (Wildman–Crippen LogP) is 3.48. The van der Waals surface area contributed by atoms with Crippen molar-refractivity contribution in [1.29, 1.82) is 0 Å². The van der Waals surface area contributed by atoms with Gasteiger partial charge in [-0.05, 0) is 57.8 Å². The van der Waals surface area contributed by atoms with Crippen molar-refractivity contribution in [2.24, 2.45) is 11.8 Å². The van der Waals surface area contributed by atoms with Gasteiger partial charge in [0.05, 0.1) is 23.3 Å². The van der Waals surface area contributed by atoms with Crippen LogP contribution in [0.25, 0.3) is 0 Å². The number of amides is 2. The second-order valence-electron chi connectivity index (χ2n) is 10.0. The zero-order valence-electron chi connectivity index (χ0n) is 17.6. The Morgan fingerprint density at radius 2 is 1.77 bits per heavy atom. The lowest BCUT2D eigenvalue weighted by Crippen LogP contribution is -2.50. The van der Waals surface area contributed by atoms with Gasteiger partial charge >= 0.3 is 12.2 Å². The zero-order valence-corrected chi connectivity index (χ0v) is 18.4. The average molecular weight is 452 g/mol. The molecule has 0 aromatic rings. The molecule has 172 valence electrons. The Morgan fingerprint density at radius 1 is 1.10 bits per heavy atom. The molecule has 30 heavy (non-hydrogen) atoms. The fourth-order valence-electron chi connectivity index (χ4n) is 5.68. The van der Waals surface area contributed by atoms with Crippen LogP contribution in [-0.4, -0.2) is 66.9 Å². The van der Waals surface area contributed by atoms with Crippen molar-refractivity contribution in [3.8, 4) is 0 Å². The molecule has 5 unspecified atom stereocenters. The lowest BCUT2D eigenvalue weighted by atomic mass is 9.78. The van der Waals surface area contributed by atoms with Gasteiger partial charge in [0, 0.05) is 19.1 Å². The number of fused-ring (bicyclic) bond motifs is 1. The highest BCUT2D eigenvalue weighted by atomic mass is 32.2. The molecule has 1 N–H and O–H groups in total. The van der Waals surface area contributed by atoms with Crippen molar-refractivity contribution in [2.45, 2.75) is 93.8 Å². The van der Waals surface area contributed by atoms with E-state index in [1.54, 1.807) is 16.8 Å². The molecule has 5 atom stereocenters. The quantitative estimate of drug-likeness (QED) is 0.696. The number of urea groups is 1. The number of carbonyl (C=O) groups is 1. The molecule has 3 saturated carbocycles. The fraction of sp³-hybridized carbons (Fsp3) is 0.950. The maximum Gasteiger partial charge on any atom is 0.392 e. The first-order valence-corrected chi connectivity index (χ1v) is 12.6. The van der Waals surface area contributed by atoms with Gasteiger partial charge in [-0.3, -0.25) is 0 Å². The van der Waals surface area contributed by atoms with Gasteiger partial charge in [-0.1, -0.05) is 12.8 Å². The largest absolute Gasteiger partial charge is 0.392 e. The Bertz CT molecular complexity index is 784. The third-order valence-corrected chi connectivity index (χ3v) is 9.85. The van der Waals surface area contributed by atoms with E-state index in [2.05, 4.69) is 4.72 Å². The number of sulfonamides is 1. The maximum atomic E-state index is 13.5. The van der Waals surface area contributed by atoms with Crippen LogP contribution in [0.4, 0.5) is 18.0 Å². The van der Waals surface area contributed by atoms with Crippen molar-refractivity contribution in [3.05, 3.63) is 0 Å². The monoisotopic (exact) mass is 451 g/mol. The highest BCUT2D eigenvalue weighted by Crippen LogP contribution is 2.44. The molecule has 0 aromatic heterocycles. The van der Waals surface area contributed by atoms with Gasteiger partial charge in [-0.25, -0.2) is 17.9 Å². The van der Waals surface area contributed by atoms with Crippen LogP contribution in [0.3, 0.4) is 0 Å². The van der Waals surface area contributed by atoms with Gasteiger partial charge in [-0.2, -0.15) is 13.2 Å². The summed E-state index contributed by atoms with van der Waals surface area (Å²) in [6.45, 7) is 2.01. The third kappa shape index (κ3) is 4.18. The molecule has 6 nitrogen and oxygen atoms in total. The molecule has 4 fully saturated rings. The fourth-order valence-corrected chi connectivity index (χ4v) is 7.64. The smallest absolute Gasteiger partial charge is 0.323 e. The van der Waals surface area contributed by atoms with Crippen LogP contribution in [0.5, 0.6) is 0 Å². The molecular formula is C20H32F3N3O3S. The van der Waals surface area contributed by atoms with Crippen LogP contribution in [0, 0.1) is 11.8 Å². The summed E-state index contributed by atoms with van der Waals surface area (Å²) in [6.07, 6.45) is 0.638. The highest BCUT2D eigenvalue weighted by molar-refractivity contribution is 7.90. The molecule has 1 saturated heterocycles. The summed E-state index contributed by atoms with van der Waals surface area (Å²) in [4.78, 5) is 16.1. The molecule has 4 rings (SSSR count). The molecule has 0 radical (unpaired) electrons. The standard InChI is InChI=1S/C20H32F3N3O3S/c1-19(9-10-19)24-30(28,29)14-7-8-16-17(11-14)25(2)18(27)26(16)12-13-5-3-4-6-15(13)20(21,22)23/h13-17,24H,3-12H2,1-2H3. The topological polar surface area (TPSA) is 69.7 Å². The Hall–Kier alpha value is -1.03. The minimum absolute atomic E-state index is 0.113. The Morgan fingerprint density at radius 3 is 2.40 bits per heavy atom. The van der Waals surface area contributed by atoms with Crippen molar-refractivity contribution < 1.29 is 26.4 Å². The lowest BCUT2D eigenvalue weighted by Gasteiger charge is -2.39. The van der Waals surface area contributed by atoms with E-state index in [9.17, 15) is 26.4 Å². The number of hydrogen-bond acceptors (Lipinski definition) is 3. The summed E-state index contributed by atoms with van der Waals surface area (Å²) in [5.74, 6) is -1.93. The summed E-state index contributed by atoms with van der Waals surface area (Å²) in [6, 6.07) is -0.745. The maximum absolute atomic E-state index is 13.5. The molecule has 1 aliphatic heterocycles. The Kier molecular flexibility index (Phi) is 5.57. The number of nitrogens with zero attached hydrogens (tertiary/aromatic N) is 2. The van der Waals surface area contributed by atoms with E-state index < -0.39 is 33.3 Å². The van der Waals surface area contributed by atoms with Gasteiger partial charge in [0.15, 0.2) is 0 Å². The van der Waals surface area contributed by atoms with Gasteiger partial charge < -0.3 is 9.80 Å². The first kappa shape index (κ1) is 22.2. The second-order valence-corrected chi connectivity index (χ2v) is 12.0. The number of rotatable bonds is 5. The molecular weight excluding hydrogens is 419 g/mol. The van der Waals surface area contributed by atoms with Crippen molar-refractivity contribution in [3.63, 3.8) is 0 Å². The molecule has 1 heterocycles. The third-order valence-electron chi connectivity index (χ3n) is 7.77. The van der Waals surface area contributed by atoms with Gasteiger partial charge in [-0.15, -0.1) is 0 Å². The zero-order chi connectivity index (χ0) is 21.9. The predicted molar refractivity (Wildman–Crippen MR) is 106 cm³/mol. The molecule has 4 aliphatic rings. The second kappa shape index (κ2) is 7.53. The minimum Gasteiger partial charge on any atom is -0.323 e. The lowest BCUT2D eigenvalue weighted by molar-refractivity contribution is -0.197. The van der Waals surface area contributed by atoms with E-state index >= 15 is 0 Å². The number of nitrogens with one attached hydrogen (secondary N) is 1. The van der Waals surface area contributed by atoms with Crippen molar-refractivity contribution >= 4 is 16.1 Å². The van der Waals surface area contributed by atoms with E-state index in [0.717, 1.165) is 19.3 Å². The van der Waals surface area contributed by atoms with Gasteiger partial charge in [0.25, 0.3) is 0 Å². The van der Waals surface area contributed by atoms with Gasteiger partial charge in [0.1, 0.15) is 0 Å². The SMILES string of the molecule is CN1C(=O)N(CC2CCCCC2C(F)(F)F)C2CCC(S(=O)(=O)NC3(C)CC3)CC21. The molecule has 10 heteroatoms. The van der Waals surface area contributed by atoms with Crippen LogP contribution in [0.2, 0.25) is 0 Å². The first-order valence-electron chi connectivity index (χ1n) is 11.0. The summed E-state index contributed by atoms with van der Waals surface area (Å²) in [7, 11) is -1.84. The molecule has 0 aromatic carbocycles. The summed E-state index contributed by atoms with van der Waals surface area (Å²) < 4.78 is 69.0. The number of hydrogen-bond donors (Lipinski definition) is 1. The van der Waals surface area contributed by atoms with E-state index in [1.807, 2.05) is 6.92 Å². The summed E-state index contributed by atoms with van der Waals surface area (Å²) in [5.41, 5.74) is -0.341. The van der Waals surface area contributed by atoms with E-state index in [1.165, 1.54) is 0 Å². The van der Waals surface area contributed by atoms with Crippen LogP contribution >= 0.6 is 0 Å². The summed E-state index contributed by atoms with van der Waals surface area (Å²) >= 11 is 0. The van der Waals surface area contributed by atoms with Crippen LogP contribution < -0.4 is 4.72 Å². The van der Waals surface area contributed by atoms with E-state index in [-0.39, 0.29) is 36.6 Å².